The van der Waals surface area contributed by atoms with Crippen molar-refractivity contribution in [2.45, 2.75) is 19.0 Å². The van der Waals surface area contributed by atoms with E-state index in [4.69, 9.17) is 4.42 Å². The molecule has 9 heteroatoms. The van der Waals surface area contributed by atoms with Crippen LogP contribution < -0.4 is 5.32 Å². The van der Waals surface area contributed by atoms with Gasteiger partial charge in [-0.3, -0.25) is 4.79 Å². The van der Waals surface area contributed by atoms with Crippen molar-refractivity contribution < 1.29 is 9.21 Å². The number of furan rings is 1. The number of hydrogen-bond acceptors (Lipinski definition) is 6. The molecule has 0 fully saturated rings. The monoisotopic (exact) mass is 408 g/mol. The van der Waals surface area contributed by atoms with Gasteiger partial charge < -0.3 is 14.3 Å². The molecule has 0 spiro atoms. The number of benzene rings is 1. The number of thioether (sulfide) groups is 1. The number of carbonyl (C=O) groups excluding carboxylic acids is 1. The van der Waals surface area contributed by atoms with E-state index < -0.39 is 0 Å². The Kier molecular flexibility index (Phi) is 5.22. The molecule has 3 heterocycles. The highest BCUT2D eigenvalue weighted by Crippen LogP contribution is 2.26. The van der Waals surface area contributed by atoms with Crippen LogP contribution in [0.1, 0.15) is 11.5 Å². The number of amides is 1. The SMILES string of the molecule is Cc1cc(NC(=O)CSc2nnc(-c3ccoc3C)n2C)n(-c2ccccc2)n1. The number of para-hydroxylation sites is 1. The zero-order valence-electron chi connectivity index (χ0n) is 16.3. The van der Waals surface area contributed by atoms with E-state index in [2.05, 4.69) is 20.6 Å². The molecular formula is C20H20N6O2S. The molecular weight excluding hydrogens is 388 g/mol. The number of aryl methyl sites for hydroxylation is 2. The summed E-state index contributed by atoms with van der Waals surface area (Å²) in [5.41, 5.74) is 2.60. The number of nitrogens with zero attached hydrogens (tertiary/aromatic N) is 5. The van der Waals surface area contributed by atoms with Crippen LogP contribution in [0, 0.1) is 13.8 Å². The number of hydrogen-bond donors (Lipinski definition) is 1. The first-order chi connectivity index (χ1) is 14.0. The first kappa shape index (κ1) is 19.0. The summed E-state index contributed by atoms with van der Waals surface area (Å²) >= 11 is 1.32. The lowest BCUT2D eigenvalue weighted by Gasteiger charge is -2.08. The summed E-state index contributed by atoms with van der Waals surface area (Å²) in [6, 6.07) is 13.4. The molecule has 1 amide bonds. The number of anilines is 1. The van der Waals surface area contributed by atoms with Gasteiger partial charge in [0, 0.05) is 13.1 Å². The Morgan fingerprint density at radius 1 is 1.17 bits per heavy atom. The second-order valence-corrected chi connectivity index (χ2v) is 7.45. The summed E-state index contributed by atoms with van der Waals surface area (Å²) in [5.74, 6) is 2.18. The Hall–Kier alpha value is -3.33. The topological polar surface area (TPSA) is 90.8 Å². The first-order valence-corrected chi connectivity index (χ1v) is 10.00. The van der Waals surface area contributed by atoms with Crippen molar-refractivity contribution in [3.8, 4) is 17.1 Å². The Morgan fingerprint density at radius 3 is 2.69 bits per heavy atom. The van der Waals surface area contributed by atoms with Crippen LogP contribution in [0.5, 0.6) is 0 Å². The molecule has 0 radical (unpaired) electrons. The van der Waals surface area contributed by atoms with Gasteiger partial charge in [0.05, 0.1) is 29.0 Å². The fourth-order valence-corrected chi connectivity index (χ4v) is 3.67. The molecule has 8 nitrogen and oxygen atoms in total. The van der Waals surface area contributed by atoms with Gasteiger partial charge in [-0.1, -0.05) is 30.0 Å². The Balaban J connectivity index is 1.45. The Morgan fingerprint density at radius 2 is 1.97 bits per heavy atom. The van der Waals surface area contributed by atoms with Crippen LogP contribution in [-0.4, -0.2) is 36.2 Å². The van der Waals surface area contributed by atoms with Gasteiger partial charge in [-0.15, -0.1) is 10.2 Å². The van der Waals surface area contributed by atoms with Crippen LogP contribution >= 0.6 is 11.8 Å². The summed E-state index contributed by atoms with van der Waals surface area (Å²) in [7, 11) is 1.87. The predicted octanol–water partition coefficient (Wildman–Crippen LogP) is 3.61. The number of nitrogens with one attached hydrogen (secondary N) is 1. The third kappa shape index (κ3) is 3.95. The summed E-state index contributed by atoms with van der Waals surface area (Å²) < 4.78 is 8.91. The molecule has 4 aromatic rings. The third-order valence-electron chi connectivity index (χ3n) is 4.37. The normalized spacial score (nSPS) is 11.0. The van der Waals surface area contributed by atoms with Gasteiger partial charge >= 0.3 is 0 Å². The van der Waals surface area contributed by atoms with Gasteiger partial charge in [-0.05, 0) is 32.0 Å². The molecule has 0 unspecified atom stereocenters. The van der Waals surface area contributed by atoms with E-state index in [1.165, 1.54) is 11.8 Å². The van der Waals surface area contributed by atoms with Crippen molar-refractivity contribution in [1.29, 1.82) is 0 Å². The minimum absolute atomic E-state index is 0.142. The maximum atomic E-state index is 12.5. The maximum Gasteiger partial charge on any atom is 0.236 e. The molecule has 0 aliphatic carbocycles. The molecule has 29 heavy (non-hydrogen) atoms. The van der Waals surface area contributed by atoms with Gasteiger partial charge in [0.15, 0.2) is 11.0 Å². The zero-order valence-corrected chi connectivity index (χ0v) is 17.1. The first-order valence-electron chi connectivity index (χ1n) is 9.01. The largest absolute Gasteiger partial charge is 0.469 e. The van der Waals surface area contributed by atoms with Crippen LogP contribution in [0.3, 0.4) is 0 Å². The van der Waals surface area contributed by atoms with Gasteiger partial charge in [0.2, 0.25) is 5.91 Å². The van der Waals surface area contributed by atoms with Gasteiger partial charge in [0.1, 0.15) is 11.6 Å². The van der Waals surface area contributed by atoms with E-state index >= 15 is 0 Å². The van der Waals surface area contributed by atoms with Crippen LogP contribution in [0.4, 0.5) is 5.82 Å². The second kappa shape index (κ2) is 7.96. The van der Waals surface area contributed by atoms with Gasteiger partial charge in [0.25, 0.3) is 0 Å². The summed E-state index contributed by atoms with van der Waals surface area (Å²) in [6.45, 7) is 3.77. The van der Waals surface area contributed by atoms with Gasteiger partial charge in [-0.2, -0.15) is 5.10 Å². The molecule has 0 aliphatic rings. The van der Waals surface area contributed by atoms with E-state index in [1.54, 1.807) is 10.9 Å². The lowest BCUT2D eigenvalue weighted by Crippen LogP contribution is -2.17. The highest BCUT2D eigenvalue weighted by Gasteiger charge is 2.17. The van der Waals surface area contributed by atoms with E-state index in [0.29, 0.717) is 16.8 Å². The molecule has 148 valence electrons. The quantitative estimate of drug-likeness (QED) is 0.490. The Labute approximate surface area is 171 Å². The van der Waals surface area contributed by atoms with E-state index in [1.807, 2.05) is 67.9 Å². The highest BCUT2D eigenvalue weighted by atomic mass is 32.2. The van der Waals surface area contributed by atoms with Crippen molar-refractivity contribution in [2.75, 3.05) is 11.1 Å². The van der Waals surface area contributed by atoms with E-state index in [-0.39, 0.29) is 11.7 Å². The lowest BCUT2D eigenvalue weighted by atomic mass is 10.2. The number of aromatic nitrogens is 5. The highest BCUT2D eigenvalue weighted by molar-refractivity contribution is 7.99. The summed E-state index contributed by atoms with van der Waals surface area (Å²) in [5, 5.41) is 16.5. The van der Waals surface area contributed by atoms with Crippen LogP contribution in [0.2, 0.25) is 0 Å². The van der Waals surface area contributed by atoms with Crippen LogP contribution in [0.25, 0.3) is 17.1 Å². The number of carbonyl (C=O) groups is 1. The second-order valence-electron chi connectivity index (χ2n) is 6.51. The fraction of sp³-hybridized carbons (Fsp3) is 0.200. The minimum atomic E-state index is -0.142. The van der Waals surface area contributed by atoms with Crippen molar-refractivity contribution in [2.24, 2.45) is 7.05 Å². The van der Waals surface area contributed by atoms with Crippen molar-refractivity contribution in [3.05, 3.63) is 60.2 Å². The predicted molar refractivity (Wildman–Crippen MR) is 111 cm³/mol. The summed E-state index contributed by atoms with van der Waals surface area (Å²) in [4.78, 5) is 12.5. The molecule has 0 atom stereocenters. The zero-order chi connectivity index (χ0) is 20.4. The van der Waals surface area contributed by atoms with Crippen LogP contribution in [-0.2, 0) is 11.8 Å². The standard InChI is InChI=1S/C20H20N6O2S/c1-13-11-17(26(24-13)15-7-5-4-6-8-15)21-18(27)12-29-20-23-22-19(25(20)3)16-9-10-28-14(16)2/h4-11H,12H2,1-3H3,(H,21,27). The molecule has 3 aromatic heterocycles. The molecule has 0 saturated heterocycles. The Bertz CT molecular complexity index is 1150. The van der Waals surface area contributed by atoms with E-state index in [9.17, 15) is 4.79 Å². The van der Waals surface area contributed by atoms with Crippen LogP contribution in [0.15, 0.2) is 58.3 Å². The molecule has 1 N–H and O–H groups in total. The van der Waals surface area contributed by atoms with E-state index in [0.717, 1.165) is 22.7 Å². The smallest absolute Gasteiger partial charge is 0.236 e. The molecule has 4 rings (SSSR count). The molecule has 0 bridgehead atoms. The van der Waals surface area contributed by atoms with Gasteiger partial charge in [-0.25, -0.2) is 4.68 Å². The number of rotatable bonds is 6. The maximum absolute atomic E-state index is 12.5. The van der Waals surface area contributed by atoms with Crippen molar-refractivity contribution in [1.82, 2.24) is 24.5 Å². The average molecular weight is 408 g/mol. The summed E-state index contributed by atoms with van der Waals surface area (Å²) in [6.07, 6.45) is 1.62. The van der Waals surface area contributed by atoms with Crippen molar-refractivity contribution in [3.63, 3.8) is 0 Å². The lowest BCUT2D eigenvalue weighted by molar-refractivity contribution is -0.113. The average Bonchev–Trinajstić information content (AvgIpc) is 3.40. The molecule has 0 saturated carbocycles. The third-order valence-corrected chi connectivity index (χ3v) is 5.39. The molecule has 1 aromatic carbocycles. The van der Waals surface area contributed by atoms with Crippen molar-refractivity contribution >= 4 is 23.5 Å². The minimum Gasteiger partial charge on any atom is -0.469 e. The fourth-order valence-electron chi connectivity index (χ4n) is 2.96. The molecule has 0 aliphatic heterocycles.